The molecule has 1 rings (SSSR count). The Morgan fingerprint density at radius 3 is 1.29 bits per heavy atom. The fraction of sp³-hybridized carbons (Fsp3) is 0.308. The molecule has 0 spiro atoms. The van der Waals surface area contributed by atoms with Crippen molar-refractivity contribution in [2.75, 3.05) is 0 Å². The van der Waals surface area contributed by atoms with Crippen molar-refractivity contribution in [2.24, 2.45) is 0 Å². The SMILES string of the molecule is C/C=C/C(C)=O.CC.c1ccccc1. The second-order valence-corrected chi connectivity index (χ2v) is 2.27. The zero-order valence-corrected chi connectivity index (χ0v) is 9.53. The average Bonchev–Trinajstić information content (AvgIpc) is 2.24. The smallest absolute Gasteiger partial charge is 0.152 e. The summed E-state index contributed by atoms with van der Waals surface area (Å²) in [5, 5.41) is 0. The highest BCUT2D eigenvalue weighted by atomic mass is 16.1. The van der Waals surface area contributed by atoms with Gasteiger partial charge < -0.3 is 0 Å². The van der Waals surface area contributed by atoms with Gasteiger partial charge in [0.2, 0.25) is 0 Å². The van der Waals surface area contributed by atoms with E-state index in [4.69, 9.17) is 0 Å². The highest BCUT2D eigenvalue weighted by Gasteiger charge is 1.73. The lowest BCUT2D eigenvalue weighted by Crippen LogP contribution is -1.76. The van der Waals surface area contributed by atoms with Crippen LogP contribution in [0.4, 0.5) is 0 Å². The van der Waals surface area contributed by atoms with Crippen molar-refractivity contribution < 1.29 is 4.79 Å². The minimum atomic E-state index is 0.109. The minimum Gasteiger partial charge on any atom is -0.295 e. The molecule has 1 aromatic rings. The number of allylic oxidation sites excluding steroid dienone is 2. The first-order chi connectivity index (χ1) is 6.77. The van der Waals surface area contributed by atoms with Crippen LogP contribution in [0.2, 0.25) is 0 Å². The Morgan fingerprint density at radius 1 is 0.929 bits per heavy atom. The van der Waals surface area contributed by atoms with E-state index in [0.717, 1.165) is 0 Å². The van der Waals surface area contributed by atoms with Crippen LogP contribution in [0.25, 0.3) is 0 Å². The summed E-state index contributed by atoms with van der Waals surface area (Å²) in [5.74, 6) is 0.109. The van der Waals surface area contributed by atoms with Crippen LogP contribution in [0.3, 0.4) is 0 Å². The van der Waals surface area contributed by atoms with Gasteiger partial charge in [0.25, 0.3) is 0 Å². The lowest BCUT2D eigenvalue weighted by atomic mass is 10.4. The van der Waals surface area contributed by atoms with Crippen LogP contribution >= 0.6 is 0 Å². The molecule has 0 atom stereocenters. The number of carbonyl (C=O) groups excluding carboxylic acids is 1. The summed E-state index contributed by atoms with van der Waals surface area (Å²) in [7, 11) is 0. The number of ketones is 1. The molecule has 1 heteroatoms. The molecule has 0 amide bonds. The van der Waals surface area contributed by atoms with E-state index >= 15 is 0 Å². The van der Waals surface area contributed by atoms with Crippen LogP contribution in [0.5, 0.6) is 0 Å². The van der Waals surface area contributed by atoms with Gasteiger partial charge in [0.1, 0.15) is 0 Å². The van der Waals surface area contributed by atoms with Crippen LogP contribution < -0.4 is 0 Å². The summed E-state index contributed by atoms with van der Waals surface area (Å²) in [6.07, 6.45) is 3.25. The van der Waals surface area contributed by atoms with Crippen molar-refractivity contribution >= 4 is 5.78 Å². The van der Waals surface area contributed by atoms with Gasteiger partial charge in [-0.1, -0.05) is 56.3 Å². The van der Waals surface area contributed by atoms with Gasteiger partial charge in [0.15, 0.2) is 5.78 Å². The third-order valence-electron chi connectivity index (χ3n) is 1.07. The Morgan fingerprint density at radius 2 is 1.21 bits per heavy atom. The zero-order valence-electron chi connectivity index (χ0n) is 9.53. The van der Waals surface area contributed by atoms with Crippen LogP contribution in [0.1, 0.15) is 27.7 Å². The van der Waals surface area contributed by atoms with Gasteiger partial charge >= 0.3 is 0 Å². The maximum atomic E-state index is 9.96. The molecule has 0 heterocycles. The topological polar surface area (TPSA) is 17.1 Å². The molecule has 0 aliphatic heterocycles. The van der Waals surface area contributed by atoms with Crippen molar-refractivity contribution in [3.05, 3.63) is 48.6 Å². The fourth-order valence-electron chi connectivity index (χ4n) is 0.620. The summed E-state index contributed by atoms with van der Waals surface area (Å²) in [6.45, 7) is 7.35. The van der Waals surface area contributed by atoms with Crippen molar-refractivity contribution in [2.45, 2.75) is 27.7 Å². The first kappa shape index (κ1) is 15.1. The van der Waals surface area contributed by atoms with Crippen molar-refractivity contribution in [1.29, 1.82) is 0 Å². The monoisotopic (exact) mass is 192 g/mol. The Balaban J connectivity index is 0. The molecule has 0 radical (unpaired) electrons. The van der Waals surface area contributed by atoms with Gasteiger partial charge in [-0.05, 0) is 19.9 Å². The lowest BCUT2D eigenvalue weighted by molar-refractivity contribution is -0.112. The second-order valence-electron chi connectivity index (χ2n) is 2.27. The van der Waals surface area contributed by atoms with Crippen LogP contribution in [-0.4, -0.2) is 5.78 Å². The number of hydrogen-bond donors (Lipinski definition) is 0. The quantitative estimate of drug-likeness (QED) is 0.617. The van der Waals surface area contributed by atoms with Crippen LogP contribution in [0, 0.1) is 0 Å². The van der Waals surface area contributed by atoms with Gasteiger partial charge in [-0.15, -0.1) is 0 Å². The molecule has 0 saturated heterocycles. The number of rotatable bonds is 1. The summed E-state index contributed by atoms with van der Waals surface area (Å²) in [4.78, 5) is 9.96. The molecule has 78 valence electrons. The van der Waals surface area contributed by atoms with E-state index in [2.05, 4.69) is 0 Å². The van der Waals surface area contributed by atoms with Gasteiger partial charge in [0, 0.05) is 0 Å². The van der Waals surface area contributed by atoms with E-state index in [0.29, 0.717) is 0 Å². The third-order valence-corrected chi connectivity index (χ3v) is 1.07. The number of benzene rings is 1. The summed E-state index contributed by atoms with van der Waals surface area (Å²) in [5.41, 5.74) is 0. The Labute approximate surface area is 87.5 Å². The number of carbonyl (C=O) groups is 1. The van der Waals surface area contributed by atoms with Crippen LogP contribution in [-0.2, 0) is 4.79 Å². The molecule has 0 bridgehead atoms. The molecular formula is C13H20O. The molecular weight excluding hydrogens is 172 g/mol. The Bertz CT molecular complexity index is 198. The molecule has 14 heavy (non-hydrogen) atoms. The highest BCUT2D eigenvalue weighted by Crippen LogP contribution is 1.79. The van der Waals surface area contributed by atoms with Gasteiger partial charge in [0.05, 0.1) is 0 Å². The first-order valence-corrected chi connectivity index (χ1v) is 4.90. The maximum Gasteiger partial charge on any atom is 0.152 e. The summed E-state index contributed by atoms with van der Waals surface area (Å²) in [6, 6.07) is 12.0. The third kappa shape index (κ3) is 16.9. The largest absolute Gasteiger partial charge is 0.295 e. The standard InChI is InChI=1S/C6H6.C5H8O.C2H6/c1-2-4-6-5-3-1;1-3-4-5(2)6;1-2/h1-6H;3-4H,1-2H3;1-2H3/b;4-3+;. The minimum absolute atomic E-state index is 0.109. The van der Waals surface area contributed by atoms with Gasteiger partial charge in [-0.2, -0.15) is 0 Å². The molecule has 0 unspecified atom stereocenters. The van der Waals surface area contributed by atoms with E-state index in [1.807, 2.05) is 57.2 Å². The van der Waals surface area contributed by atoms with E-state index < -0.39 is 0 Å². The van der Waals surface area contributed by atoms with E-state index in [1.165, 1.54) is 13.0 Å². The summed E-state index contributed by atoms with van der Waals surface area (Å²) < 4.78 is 0. The molecule has 0 aliphatic rings. The Kier molecular flexibility index (Phi) is 15.3. The van der Waals surface area contributed by atoms with Crippen molar-refractivity contribution in [3.63, 3.8) is 0 Å². The van der Waals surface area contributed by atoms with E-state index in [1.54, 1.807) is 6.08 Å². The van der Waals surface area contributed by atoms with E-state index in [9.17, 15) is 4.79 Å². The molecule has 0 saturated carbocycles. The second kappa shape index (κ2) is 14.2. The molecule has 0 fully saturated rings. The van der Waals surface area contributed by atoms with E-state index in [-0.39, 0.29) is 5.78 Å². The van der Waals surface area contributed by atoms with Gasteiger partial charge in [-0.25, -0.2) is 0 Å². The molecule has 0 N–H and O–H groups in total. The fourth-order valence-corrected chi connectivity index (χ4v) is 0.620. The molecule has 0 aliphatic carbocycles. The van der Waals surface area contributed by atoms with Crippen molar-refractivity contribution in [1.82, 2.24) is 0 Å². The Hall–Kier alpha value is -1.37. The molecule has 1 nitrogen and oxygen atoms in total. The lowest BCUT2D eigenvalue weighted by Gasteiger charge is -1.69. The predicted molar refractivity (Wildman–Crippen MR) is 63.3 cm³/mol. The molecule has 1 aromatic carbocycles. The normalized spacial score (nSPS) is 8.00. The zero-order chi connectivity index (χ0) is 11.2. The molecule has 0 aromatic heterocycles. The number of hydrogen-bond acceptors (Lipinski definition) is 1. The first-order valence-electron chi connectivity index (χ1n) is 4.90. The van der Waals surface area contributed by atoms with Gasteiger partial charge in [-0.3, -0.25) is 4.79 Å². The summed E-state index contributed by atoms with van der Waals surface area (Å²) >= 11 is 0. The highest BCUT2D eigenvalue weighted by molar-refractivity contribution is 5.87. The average molecular weight is 192 g/mol. The van der Waals surface area contributed by atoms with Crippen molar-refractivity contribution in [3.8, 4) is 0 Å². The van der Waals surface area contributed by atoms with Crippen LogP contribution in [0.15, 0.2) is 48.6 Å². The predicted octanol–water partition coefficient (Wildman–Crippen LogP) is 3.86. The maximum absolute atomic E-state index is 9.96.